The molecule has 3 aromatic rings. The maximum Gasteiger partial charge on any atom is 0.260 e. The first-order chi connectivity index (χ1) is 18.6. The second-order valence-electron chi connectivity index (χ2n) is 9.92. The zero-order valence-electron chi connectivity index (χ0n) is 21.7. The summed E-state index contributed by atoms with van der Waals surface area (Å²) in [5.41, 5.74) is 4.54. The molecule has 7 nitrogen and oxygen atoms in total. The number of hydrogen-bond acceptors (Lipinski definition) is 6. The number of benzene rings is 3. The van der Waals surface area contributed by atoms with E-state index in [9.17, 15) is 9.90 Å². The average molecular weight is 517 g/mol. The van der Waals surface area contributed by atoms with E-state index in [1.165, 1.54) is 11.1 Å². The van der Waals surface area contributed by atoms with E-state index in [1.54, 1.807) is 4.90 Å². The van der Waals surface area contributed by atoms with Crippen molar-refractivity contribution in [1.29, 1.82) is 0 Å². The molecule has 0 aromatic heterocycles. The van der Waals surface area contributed by atoms with Crippen LogP contribution >= 0.6 is 0 Å². The van der Waals surface area contributed by atoms with Gasteiger partial charge in [-0.05, 0) is 65.8 Å². The zero-order chi connectivity index (χ0) is 26.2. The number of carbonyl (C=O) groups excluding carboxylic acids is 1. The van der Waals surface area contributed by atoms with Crippen molar-refractivity contribution in [2.45, 2.75) is 38.0 Å². The Labute approximate surface area is 224 Å². The summed E-state index contributed by atoms with van der Waals surface area (Å²) < 4.78 is 17.0. The topological polar surface area (TPSA) is 80.3 Å². The van der Waals surface area contributed by atoms with Crippen molar-refractivity contribution >= 4 is 5.91 Å². The van der Waals surface area contributed by atoms with Crippen LogP contribution in [0.3, 0.4) is 0 Å². The van der Waals surface area contributed by atoms with Gasteiger partial charge in [-0.2, -0.15) is 0 Å². The van der Waals surface area contributed by atoms with Crippen LogP contribution in [0.2, 0.25) is 0 Å². The molecule has 2 N–H and O–H groups in total. The van der Waals surface area contributed by atoms with Gasteiger partial charge in [-0.1, -0.05) is 48.5 Å². The number of carbonyl (C=O) groups is 1. The van der Waals surface area contributed by atoms with Crippen LogP contribution in [-0.2, 0) is 29.0 Å². The predicted molar refractivity (Wildman–Crippen MR) is 145 cm³/mol. The smallest absolute Gasteiger partial charge is 0.260 e. The monoisotopic (exact) mass is 516 g/mol. The van der Waals surface area contributed by atoms with Gasteiger partial charge in [-0.15, -0.1) is 0 Å². The van der Waals surface area contributed by atoms with Crippen LogP contribution in [0.1, 0.15) is 34.8 Å². The normalized spacial score (nSPS) is 17.9. The van der Waals surface area contributed by atoms with Crippen LogP contribution in [0, 0.1) is 0 Å². The van der Waals surface area contributed by atoms with Gasteiger partial charge in [0.05, 0.1) is 19.3 Å². The minimum atomic E-state index is -0.597. The number of morpholine rings is 1. The van der Waals surface area contributed by atoms with Gasteiger partial charge in [0.2, 0.25) is 0 Å². The molecule has 2 atom stereocenters. The Bertz CT molecular complexity index is 1180. The number of fused-ring (bicyclic) bond motifs is 1. The first kappa shape index (κ1) is 26.2. The number of aliphatic hydroxyl groups is 1. The highest BCUT2D eigenvalue weighted by atomic mass is 16.5. The van der Waals surface area contributed by atoms with Gasteiger partial charge in [0.1, 0.15) is 18.1 Å². The highest BCUT2D eigenvalue weighted by Crippen LogP contribution is 2.26. The molecular weight excluding hydrogens is 480 g/mol. The van der Waals surface area contributed by atoms with Gasteiger partial charge in [-0.25, -0.2) is 0 Å². The minimum absolute atomic E-state index is 0.00431. The maximum atomic E-state index is 12.4. The van der Waals surface area contributed by atoms with Crippen molar-refractivity contribution < 1.29 is 24.1 Å². The summed E-state index contributed by atoms with van der Waals surface area (Å²) in [6.07, 6.45) is 2.26. The molecule has 0 bridgehead atoms. The standard InChI is InChI=1S/C31H36N2O5/c34-30(25-8-11-28(12-9-25)37-21-23-4-2-1-3-5-23)20-32-27-10-6-24-7-13-29(19-26(24)18-27)38-22-31(35)33-14-16-36-17-15-33/h1-5,7-9,11-13,19,27,30,32,34H,6,10,14-18,20-22H2/t27-,30-/m0/s1. The Morgan fingerprint density at radius 3 is 2.53 bits per heavy atom. The molecule has 38 heavy (non-hydrogen) atoms. The summed E-state index contributed by atoms with van der Waals surface area (Å²) in [6, 6.07) is 24.1. The highest BCUT2D eigenvalue weighted by molar-refractivity contribution is 5.77. The fraction of sp³-hybridized carbons (Fsp3) is 0.387. The SMILES string of the molecule is O=C(COc1ccc2c(c1)C[C@@H](NC[C@H](O)c1ccc(OCc3ccccc3)cc1)CC2)N1CCOCC1. The Morgan fingerprint density at radius 1 is 0.974 bits per heavy atom. The molecule has 0 saturated carbocycles. The number of aryl methyl sites for hydroxylation is 1. The van der Waals surface area contributed by atoms with E-state index in [0.717, 1.165) is 41.9 Å². The van der Waals surface area contributed by atoms with E-state index in [1.807, 2.05) is 60.7 Å². The molecule has 1 amide bonds. The molecule has 0 radical (unpaired) electrons. The fourth-order valence-corrected chi connectivity index (χ4v) is 4.97. The van der Waals surface area contributed by atoms with Crippen molar-refractivity contribution in [2.24, 2.45) is 0 Å². The Hall–Kier alpha value is -3.39. The van der Waals surface area contributed by atoms with Crippen molar-refractivity contribution in [2.75, 3.05) is 39.5 Å². The Balaban J connectivity index is 1.08. The largest absolute Gasteiger partial charge is 0.489 e. The molecule has 1 aliphatic carbocycles. The number of aliphatic hydroxyl groups excluding tert-OH is 1. The lowest BCUT2D eigenvalue weighted by molar-refractivity contribution is -0.137. The number of nitrogens with one attached hydrogen (secondary N) is 1. The fourth-order valence-electron chi connectivity index (χ4n) is 4.97. The van der Waals surface area contributed by atoms with Crippen molar-refractivity contribution in [3.05, 3.63) is 95.1 Å². The molecule has 7 heteroatoms. The lowest BCUT2D eigenvalue weighted by Crippen LogP contribution is -2.43. The van der Waals surface area contributed by atoms with Crippen LogP contribution < -0.4 is 14.8 Å². The van der Waals surface area contributed by atoms with Crippen LogP contribution in [-0.4, -0.2) is 61.4 Å². The van der Waals surface area contributed by atoms with Crippen LogP contribution in [0.15, 0.2) is 72.8 Å². The predicted octanol–water partition coefficient (Wildman–Crippen LogP) is 3.68. The molecule has 5 rings (SSSR count). The molecule has 1 fully saturated rings. The second kappa shape index (κ2) is 12.9. The average Bonchev–Trinajstić information content (AvgIpc) is 2.98. The van der Waals surface area contributed by atoms with Crippen LogP contribution in [0.25, 0.3) is 0 Å². The third-order valence-corrected chi connectivity index (χ3v) is 7.25. The lowest BCUT2D eigenvalue weighted by Gasteiger charge is -2.28. The molecule has 1 aliphatic heterocycles. The second-order valence-corrected chi connectivity index (χ2v) is 9.92. The summed E-state index contributed by atoms with van der Waals surface area (Å²) in [4.78, 5) is 14.2. The molecule has 0 unspecified atom stereocenters. The zero-order valence-corrected chi connectivity index (χ0v) is 21.7. The lowest BCUT2D eigenvalue weighted by atomic mass is 9.88. The van der Waals surface area contributed by atoms with Gasteiger partial charge >= 0.3 is 0 Å². The van der Waals surface area contributed by atoms with Gasteiger partial charge in [0.25, 0.3) is 5.91 Å². The van der Waals surface area contributed by atoms with E-state index >= 15 is 0 Å². The first-order valence-electron chi connectivity index (χ1n) is 13.4. The third kappa shape index (κ3) is 7.13. The summed E-state index contributed by atoms with van der Waals surface area (Å²) in [7, 11) is 0. The van der Waals surface area contributed by atoms with Crippen molar-refractivity contribution in [3.63, 3.8) is 0 Å². The summed E-state index contributed by atoms with van der Waals surface area (Å²) in [5.74, 6) is 1.50. The maximum absolute atomic E-state index is 12.4. The number of nitrogens with zero attached hydrogens (tertiary/aromatic N) is 1. The van der Waals surface area contributed by atoms with Gasteiger partial charge in [-0.3, -0.25) is 4.79 Å². The van der Waals surface area contributed by atoms with Crippen molar-refractivity contribution in [3.8, 4) is 11.5 Å². The number of ether oxygens (including phenoxy) is 3. The molecule has 3 aromatic carbocycles. The molecule has 2 aliphatic rings. The first-order valence-corrected chi connectivity index (χ1v) is 13.4. The number of rotatable bonds is 10. The number of hydrogen-bond donors (Lipinski definition) is 2. The summed E-state index contributed by atoms with van der Waals surface area (Å²) in [5, 5.41) is 14.3. The van der Waals surface area contributed by atoms with E-state index in [4.69, 9.17) is 14.2 Å². The molecule has 0 spiro atoms. The van der Waals surface area contributed by atoms with E-state index in [0.29, 0.717) is 39.5 Å². The van der Waals surface area contributed by atoms with Crippen LogP contribution in [0.5, 0.6) is 11.5 Å². The summed E-state index contributed by atoms with van der Waals surface area (Å²) in [6.45, 7) is 3.46. The Morgan fingerprint density at radius 2 is 1.74 bits per heavy atom. The molecular formula is C31H36N2O5. The quantitative estimate of drug-likeness (QED) is 0.428. The minimum Gasteiger partial charge on any atom is -0.489 e. The van der Waals surface area contributed by atoms with Gasteiger partial charge in [0, 0.05) is 25.7 Å². The van der Waals surface area contributed by atoms with E-state index < -0.39 is 6.10 Å². The van der Waals surface area contributed by atoms with Gasteiger partial charge < -0.3 is 29.5 Å². The van der Waals surface area contributed by atoms with Gasteiger partial charge in [0.15, 0.2) is 6.61 Å². The number of amides is 1. The molecule has 200 valence electrons. The summed E-state index contributed by atoms with van der Waals surface area (Å²) >= 11 is 0. The van der Waals surface area contributed by atoms with E-state index in [-0.39, 0.29) is 18.6 Å². The van der Waals surface area contributed by atoms with E-state index in [2.05, 4.69) is 17.4 Å². The molecule has 1 heterocycles. The highest BCUT2D eigenvalue weighted by Gasteiger charge is 2.21. The van der Waals surface area contributed by atoms with Crippen molar-refractivity contribution in [1.82, 2.24) is 10.2 Å². The molecule has 1 saturated heterocycles. The third-order valence-electron chi connectivity index (χ3n) is 7.25. The van der Waals surface area contributed by atoms with Crippen LogP contribution in [0.4, 0.5) is 0 Å². The Kier molecular flexibility index (Phi) is 8.91.